The first-order chi connectivity index (χ1) is 14.7. The first kappa shape index (κ1) is 19.3. The maximum atomic E-state index is 13.2. The first-order valence-electron chi connectivity index (χ1n) is 11.1. The lowest BCUT2D eigenvalue weighted by Gasteiger charge is -2.36. The number of likely N-dealkylation sites (tertiary alicyclic amines) is 1. The number of H-pyrrole nitrogens is 1. The summed E-state index contributed by atoms with van der Waals surface area (Å²) in [5, 5.41) is 1.24. The van der Waals surface area contributed by atoms with E-state index in [9.17, 15) is 4.79 Å². The fourth-order valence-electron chi connectivity index (χ4n) is 5.07. The standard InChI is InChI=1S/C25H29N3O2/c1-17-6-7-22-21(14-17)23(19-4-2-10-26-15-19)24(27-22)20-5-3-11-28(16-20)25(29)18-8-12-30-13-9-18/h2,4,6-7,10,14-15,18,20,27H,3,5,8-9,11-13,16H2,1H3/t20-/m0/s1. The number of pyridine rings is 1. The van der Waals surface area contributed by atoms with Crippen LogP contribution in [0.1, 0.15) is 42.9 Å². The second kappa shape index (κ2) is 8.23. The Morgan fingerprint density at radius 2 is 2.07 bits per heavy atom. The van der Waals surface area contributed by atoms with Gasteiger partial charge in [0, 0.05) is 78.3 Å². The monoisotopic (exact) mass is 403 g/mol. The van der Waals surface area contributed by atoms with Gasteiger partial charge in [0.2, 0.25) is 5.91 Å². The molecule has 1 atom stereocenters. The third-order valence-corrected chi connectivity index (χ3v) is 6.65. The summed E-state index contributed by atoms with van der Waals surface area (Å²) in [4.78, 5) is 23.3. The first-order valence-corrected chi connectivity index (χ1v) is 11.1. The summed E-state index contributed by atoms with van der Waals surface area (Å²) in [6.45, 7) is 5.21. The van der Waals surface area contributed by atoms with E-state index >= 15 is 0 Å². The Hall–Kier alpha value is -2.66. The number of piperidine rings is 1. The van der Waals surface area contributed by atoms with Gasteiger partial charge in [-0.25, -0.2) is 0 Å². The molecule has 1 amide bonds. The molecule has 4 heterocycles. The van der Waals surface area contributed by atoms with Gasteiger partial charge in [0.05, 0.1) is 0 Å². The third-order valence-electron chi connectivity index (χ3n) is 6.65. The van der Waals surface area contributed by atoms with Gasteiger partial charge in [-0.05, 0) is 50.8 Å². The third kappa shape index (κ3) is 3.63. The van der Waals surface area contributed by atoms with Gasteiger partial charge in [-0.1, -0.05) is 17.7 Å². The van der Waals surface area contributed by atoms with E-state index < -0.39 is 0 Å². The number of nitrogens with one attached hydrogen (secondary N) is 1. The molecule has 0 bridgehead atoms. The van der Waals surface area contributed by atoms with E-state index in [0.717, 1.165) is 49.9 Å². The smallest absolute Gasteiger partial charge is 0.225 e. The number of aromatic amines is 1. The molecular formula is C25H29N3O2. The number of rotatable bonds is 3. The fourth-order valence-corrected chi connectivity index (χ4v) is 5.07. The Labute approximate surface area is 177 Å². The number of aromatic nitrogens is 2. The highest BCUT2D eigenvalue weighted by molar-refractivity contribution is 5.98. The lowest BCUT2D eigenvalue weighted by Crippen LogP contribution is -2.43. The van der Waals surface area contributed by atoms with Gasteiger partial charge in [-0.2, -0.15) is 0 Å². The van der Waals surface area contributed by atoms with E-state index in [2.05, 4.69) is 46.1 Å². The van der Waals surface area contributed by atoms with Crippen LogP contribution in [-0.4, -0.2) is 47.1 Å². The number of carbonyl (C=O) groups excluding carboxylic acids is 1. The molecule has 0 unspecified atom stereocenters. The lowest BCUT2D eigenvalue weighted by atomic mass is 9.88. The predicted octanol–water partition coefficient (Wildman–Crippen LogP) is 4.67. The molecule has 0 saturated carbocycles. The molecular weight excluding hydrogens is 374 g/mol. The van der Waals surface area contributed by atoms with Crippen LogP contribution in [0.5, 0.6) is 0 Å². The Morgan fingerprint density at radius 1 is 1.20 bits per heavy atom. The molecule has 30 heavy (non-hydrogen) atoms. The van der Waals surface area contributed by atoms with Gasteiger partial charge in [0.25, 0.3) is 0 Å². The molecule has 3 aromatic rings. The summed E-state index contributed by atoms with van der Waals surface area (Å²) in [5.41, 5.74) is 6.03. The second-order valence-corrected chi connectivity index (χ2v) is 8.71. The molecule has 2 aliphatic heterocycles. The fraction of sp³-hybridized carbons (Fsp3) is 0.440. The Balaban J connectivity index is 1.50. The quantitative estimate of drug-likeness (QED) is 0.691. The average Bonchev–Trinajstić information content (AvgIpc) is 3.18. The van der Waals surface area contributed by atoms with Gasteiger partial charge in [-0.3, -0.25) is 9.78 Å². The molecule has 5 heteroatoms. The molecule has 2 aromatic heterocycles. The maximum Gasteiger partial charge on any atom is 0.225 e. The van der Waals surface area contributed by atoms with Gasteiger partial charge in [0.1, 0.15) is 0 Å². The lowest BCUT2D eigenvalue weighted by molar-refractivity contribution is -0.139. The number of nitrogens with zero attached hydrogens (tertiary/aromatic N) is 2. The summed E-state index contributed by atoms with van der Waals surface area (Å²) < 4.78 is 5.45. The zero-order valence-corrected chi connectivity index (χ0v) is 17.6. The Kier molecular flexibility index (Phi) is 5.30. The van der Waals surface area contributed by atoms with E-state index in [0.29, 0.717) is 25.0 Å². The highest BCUT2D eigenvalue weighted by Crippen LogP contribution is 2.39. The van der Waals surface area contributed by atoms with Crippen molar-refractivity contribution < 1.29 is 9.53 Å². The summed E-state index contributed by atoms with van der Waals surface area (Å²) in [6.07, 6.45) is 7.61. The van der Waals surface area contributed by atoms with Crippen LogP contribution < -0.4 is 0 Å². The van der Waals surface area contributed by atoms with Crippen molar-refractivity contribution in [2.45, 2.75) is 38.5 Å². The van der Waals surface area contributed by atoms with Crippen molar-refractivity contribution in [2.24, 2.45) is 5.92 Å². The zero-order chi connectivity index (χ0) is 20.5. The van der Waals surface area contributed by atoms with Crippen molar-refractivity contribution >= 4 is 16.8 Å². The number of amides is 1. The number of hydrogen-bond donors (Lipinski definition) is 1. The van der Waals surface area contributed by atoms with E-state index in [1.54, 1.807) is 0 Å². The predicted molar refractivity (Wildman–Crippen MR) is 118 cm³/mol. The Bertz CT molecular complexity index is 1040. The molecule has 0 radical (unpaired) electrons. The molecule has 2 saturated heterocycles. The van der Waals surface area contributed by atoms with Crippen LogP contribution in [-0.2, 0) is 9.53 Å². The van der Waals surface area contributed by atoms with Crippen LogP contribution in [0.25, 0.3) is 22.0 Å². The van der Waals surface area contributed by atoms with E-state index in [-0.39, 0.29) is 5.92 Å². The summed E-state index contributed by atoms with van der Waals surface area (Å²) in [6, 6.07) is 10.7. The summed E-state index contributed by atoms with van der Waals surface area (Å²) in [7, 11) is 0. The highest BCUT2D eigenvalue weighted by Gasteiger charge is 2.32. The zero-order valence-electron chi connectivity index (χ0n) is 17.6. The van der Waals surface area contributed by atoms with Crippen molar-refractivity contribution in [3.63, 3.8) is 0 Å². The molecule has 0 spiro atoms. The second-order valence-electron chi connectivity index (χ2n) is 8.71. The van der Waals surface area contributed by atoms with Crippen molar-refractivity contribution in [1.82, 2.24) is 14.9 Å². The van der Waals surface area contributed by atoms with Crippen LogP contribution in [0, 0.1) is 12.8 Å². The molecule has 1 aromatic carbocycles. The van der Waals surface area contributed by atoms with Crippen LogP contribution in [0.3, 0.4) is 0 Å². The summed E-state index contributed by atoms with van der Waals surface area (Å²) >= 11 is 0. The highest BCUT2D eigenvalue weighted by atomic mass is 16.5. The molecule has 2 fully saturated rings. The number of carbonyl (C=O) groups is 1. The van der Waals surface area contributed by atoms with E-state index in [4.69, 9.17) is 4.74 Å². The Morgan fingerprint density at radius 3 is 2.87 bits per heavy atom. The normalized spacial score (nSPS) is 20.6. The minimum atomic E-state index is 0.126. The maximum absolute atomic E-state index is 13.2. The van der Waals surface area contributed by atoms with E-state index in [1.165, 1.54) is 22.2 Å². The van der Waals surface area contributed by atoms with Crippen molar-refractivity contribution in [2.75, 3.05) is 26.3 Å². The number of aryl methyl sites for hydroxylation is 1. The van der Waals surface area contributed by atoms with Gasteiger partial charge < -0.3 is 14.6 Å². The van der Waals surface area contributed by atoms with Crippen LogP contribution in [0.2, 0.25) is 0 Å². The summed E-state index contributed by atoms with van der Waals surface area (Å²) in [5.74, 6) is 0.754. The minimum absolute atomic E-state index is 0.126. The van der Waals surface area contributed by atoms with Crippen LogP contribution >= 0.6 is 0 Å². The van der Waals surface area contributed by atoms with Crippen LogP contribution in [0.4, 0.5) is 0 Å². The molecule has 5 nitrogen and oxygen atoms in total. The number of fused-ring (bicyclic) bond motifs is 1. The number of ether oxygens (including phenoxy) is 1. The van der Waals surface area contributed by atoms with E-state index in [1.807, 2.05) is 18.5 Å². The van der Waals surface area contributed by atoms with Gasteiger partial charge in [0.15, 0.2) is 0 Å². The largest absolute Gasteiger partial charge is 0.381 e. The molecule has 5 rings (SSSR count). The molecule has 156 valence electrons. The topological polar surface area (TPSA) is 58.2 Å². The molecule has 2 aliphatic rings. The number of hydrogen-bond acceptors (Lipinski definition) is 3. The van der Waals surface area contributed by atoms with Crippen molar-refractivity contribution in [1.29, 1.82) is 0 Å². The number of benzene rings is 1. The van der Waals surface area contributed by atoms with Crippen molar-refractivity contribution in [3.8, 4) is 11.1 Å². The minimum Gasteiger partial charge on any atom is -0.381 e. The molecule has 1 N–H and O–H groups in total. The van der Waals surface area contributed by atoms with Gasteiger partial charge >= 0.3 is 0 Å². The van der Waals surface area contributed by atoms with Gasteiger partial charge in [-0.15, -0.1) is 0 Å². The average molecular weight is 404 g/mol. The SMILES string of the molecule is Cc1ccc2[nH]c([C@H]3CCCN(C(=O)C4CCOCC4)C3)c(-c3cccnc3)c2c1. The van der Waals surface area contributed by atoms with Crippen molar-refractivity contribution in [3.05, 3.63) is 54.0 Å². The molecule has 0 aliphatic carbocycles. The van der Waals surface area contributed by atoms with Crippen LogP contribution in [0.15, 0.2) is 42.7 Å².